The van der Waals surface area contributed by atoms with Gasteiger partial charge >= 0.3 is 0 Å². The first kappa shape index (κ1) is 6.80. The summed E-state index contributed by atoms with van der Waals surface area (Å²) in [7, 11) is 0. The molecule has 0 fully saturated rings. The van der Waals surface area contributed by atoms with Crippen molar-refractivity contribution in [3.05, 3.63) is 25.0 Å². The van der Waals surface area contributed by atoms with E-state index in [0.717, 1.165) is 0 Å². The monoisotopic (exact) mass is 144 g/mol. The SMILES string of the molecule is C1=COCOC=COCO1. The molecule has 0 saturated heterocycles. The van der Waals surface area contributed by atoms with Crippen LogP contribution in [0, 0.1) is 0 Å². The van der Waals surface area contributed by atoms with Crippen LogP contribution >= 0.6 is 0 Å². The molecule has 0 aromatic rings. The Bertz CT molecular complexity index is 102. The number of ether oxygens (including phenoxy) is 4. The summed E-state index contributed by atoms with van der Waals surface area (Å²) in [6.45, 7) is 0.333. The number of hydrogen-bond acceptors (Lipinski definition) is 4. The van der Waals surface area contributed by atoms with Gasteiger partial charge in [-0.2, -0.15) is 0 Å². The minimum absolute atomic E-state index is 0.166. The average molecular weight is 144 g/mol. The summed E-state index contributed by atoms with van der Waals surface area (Å²) in [6, 6.07) is 0. The van der Waals surface area contributed by atoms with E-state index in [0.29, 0.717) is 0 Å². The molecule has 0 spiro atoms. The van der Waals surface area contributed by atoms with E-state index in [1.54, 1.807) is 0 Å². The quantitative estimate of drug-likeness (QED) is 0.506. The molecule has 56 valence electrons. The predicted molar refractivity (Wildman–Crippen MR) is 32.4 cm³/mol. The molecule has 0 atom stereocenters. The topological polar surface area (TPSA) is 36.9 Å². The molecular weight excluding hydrogens is 136 g/mol. The van der Waals surface area contributed by atoms with Crippen LogP contribution < -0.4 is 0 Å². The molecule has 4 nitrogen and oxygen atoms in total. The highest BCUT2D eigenvalue weighted by Gasteiger charge is 1.82. The molecule has 1 heterocycles. The second-order valence-corrected chi connectivity index (χ2v) is 1.45. The lowest BCUT2D eigenvalue weighted by molar-refractivity contribution is 0.00218. The van der Waals surface area contributed by atoms with Gasteiger partial charge in [0.1, 0.15) is 25.0 Å². The van der Waals surface area contributed by atoms with Crippen molar-refractivity contribution < 1.29 is 18.9 Å². The molecule has 1 aliphatic heterocycles. The first-order chi connectivity index (χ1) is 5.00. The van der Waals surface area contributed by atoms with E-state index in [2.05, 4.69) is 0 Å². The summed E-state index contributed by atoms with van der Waals surface area (Å²) in [5.74, 6) is 0. The van der Waals surface area contributed by atoms with Gasteiger partial charge in [0.25, 0.3) is 0 Å². The summed E-state index contributed by atoms with van der Waals surface area (Å²) in [4.78, 5) is 0. The van der Waals surface area contributed by atoms with Gasteiger partial charge in [-0.3, -0.25) is 0 Å². The smallest absolute Gasteiger partial charge is 0.229 e. The van der Waals surface area contributed by atoms with Gasteiger partial charge in [0.2, 0.25) is 13.6 Å². The zero-order chi connectivity index (χ0) is 7.07. The third kappa shape index (κ3) is 2.86. The van der Waals surface area contributed by atoms with Crippen LogP contribution in [0.15, 0.2) is 25.0 Å². The standard InChI is InChI=1S/C6H8O4/c1-2-8-6-10-4-3-9-5-7-1/h1-4H,5-6H2. The van der Waals surface area contributed by atoms with Gasteiger partial charge in [0.05, 0.1) is 0 Å². The Morgan fingerprint density at radius 1 is 0.600 bits per heavy atom. The van der Waals surface area contributed by atoms with Gasteiger partial charge in [-0.05, 0) is 0 Å². The highest BCUT2D eigenvalue weighted by molar-refractivity contribution is 4.63. The summed E-state index contributed by atoms with van der Waals surface area (Å²) in [5.41, 5.74) is 0. The first-order valence-electron chi connectivity index (χ1n) is 2.76. The highest BCUT2D eigenvalue weighted by atomic mass is 16.7. The van der Waals surface area contributed by atoms with Gasteiger partial charge in [-0.15, -0.1) is 0 Å². The highest BCUT2D eigenvalue weighted by Crippen LogP contribution is 1.88. The third-order valence-electron chi connectivity index (χ3n) is 0.768. The van der Waals surface area contributed by atoms with Crippen molar-refractivity contribution in [1.29, 1.82) is 0 Å². The van der Waals surface area contributed by atoms with Crippen LogP contribution in [-0.2, 0) is 18.9 Å². The largest absolute Gasteiger partial charge is 0.462 e. The maximum Gasteiger partial charge on any atom is 0.229 e. The predicted octanol–water partition coefficient (Wildman–Crippen LogP) is 0.924. The zero-order valence-electron chi connectivity index (χ0n) is 5.36. The molecular formula is C6H8O4. The van der Waals surface area contributed by atoms with Crippen molar-refractivity contribution >= 4 is 0 Å². The fraction of sp³-hybridized carbons (Fsp3) is 0.333. The molecule has 0 unspecified atom stereocenters. The van der Waals surface area contributed by atoms with Crippen molar-refractivity contribution in [1.82, 2.24) is 0 Å². The average Bonchev–Trinajstić information content (AvgIpc) is 2.01. The summed E-state index contributed by atoms with van der Waals surface area (Å²) in [5, 5.41) is 0. The van der Waals surface area contributed by atoms with Gasteiger partial charge in [0, 0.05) is 0 Å². The normalized spacial score (nSPS) is 17.6. The molecule has 0 N–H and O–H groups in total. The van der Waals surface area contributed by atoms with Crippen molar-refractivity contribution in [3.8, 4) is 0 Å². The van der Waals surface area contributed by atoms with Gasteiger partial charge in [-0.1, -0.05) is 0 Å². The Kier molecular flexibility index (Phi) is 3.09. The molecule has 0 radical (unpaired) electrons. The zero-order valence-corrected chi connectivity index (χ0v) is 5.36. The molecule has 0 saturated carbocycles. The Morgan fingerprint density at radius 3 is 1.20 bits per heavy atom. The minimum atomic E-state index is 0.166. The van der Waals surface area contributed by atoms with E-state index in [9.17, 15) is 0 Å². The lowest BCUT2D eigenvalue weighted by Crippen LogP contribution is -1.94. The Morgan fingerprint density at radius 2 is 0.900 bits per heavy atom. The third-order valence-corrected chi connectivity index (χ3v) is 0.768. The van der Waals surface area contributed by atoms with Crippen LogP contribution in [0.4, 0.5) is 0 Å². The number of hydrogen-bond donors (Lipinski definition) is 0. The van der Waals surface area contributed by atoms with Crippen LogP contribution in [0.5, 0.6) is 0 Å². The maximum atomic E-state index is 4.78. The molecule has 0 aromatic carbocycles. The van der Waals surface area contributed by atoms with E-state index in [-0.39, 0.29) is 13.6 Å². The fourth-order valence-electron chi connectivity index (χ4n) is 0.393. The Labute approximate surface area is 58.6 Å². The first-order valence-corrected chi connectivity index (χ1v) is 2.76. The molecule has 0 aromatic heterocycles. The summed E-state index contributed by atoms with van der Waals surface area (Å²) < 4.78 is 19.1. The van der Waals surface area contributed by atoms with E-state index in [1.807, 2.05) is 0 Å². The van der Waals surface area contributed by atoms with Crippen molar-refractivity contribution in [2.45, 2.75) is 0 Å². The van der Waals surface area contributed by atoms with E-state index in [1.165, 1.54) is 25.0 Å². The molecule has 0 bridgehead atoms. The van der Waals surface area contributed by atoms with Crippen molar-refractivity contribution in [3.63, 3.8) is 0 Å². The molecule has 4 heteroatoms. The van der Waals surface area contributed by atoms with E-state index >= 15 is 0 Å². The molecule has 0 aliphatic carbocycles. The van der Waals surface area contributed by atoms with Crippen LogP contribution in [0.3, 0.4) is 0 Å². The van der Waals surface area contributed by atoms with Crippen LogP contribution in [0.1, 0.15) is 0 Å². The second-order valence-electron chi connectivity index (χ2n) is 1.45. The van der Waals surface area contributed by atoms with Gasteiger partial charge in [0.15, 0.2) is 0 Å². The number of rotatable bonds is 0. The summed E-state index contributed by atoms with van der Waals surface area (Å²) >= 11 is 0. The Hall–Kier alpha value is -1.32. The fourth-order valence-corrected chi connectivity index (χ4v) is 0.393. The van der Waals surface area contributed by atoms with Crippen LogP contribution in [0.25, 0.3) is 0 Å². The second kappa shape index (κ2) is 4.55. The molecule has 1 aliphatic rings. The van der Waals surface area contributed by atoms with Crippen LogP contribution in [-0.4, -0.2) is 13.6 Å². The molecule has 10 heavy (non-hydrogen) atoms. The van der Waals surface area contributed by atoms with Crippen molar-refractivity contribution in [2.75, 3.05) is 13.6 Å². The lowest BCUT2D eigenvalue weighted by atomic mass is 11.0. The van der Waals surface area contributed by atoms with E-state index < -0.39 is 0 Å². The molecule has 1 rings (SSSR count). The maximum absolute atomic E-state index is 4.78. The van der Waals surface area contributed by atoms with E-state index in [4.69, 9.17) is 18.9 Å². The molecule has 0 amide bonds. The van der Waals surface area contributed by atoms with Crippen LogP contribution in [0.2, 0.25) is 0 Å². The van der Waals surface area contributed by atoms with Gasteiger partial charge in [-0.25, -0.2) is 0 Å². The summed E-state index contributed by atoms with van der Waals surface area (Å²) in [6.07, 6.45) is 5.57. The Balaban J connectivity index is 2.22. The lowest BCUT2D eigenvalue weighted by Gasteiger charge is -2.03. The minimum Gasteiger partial charge on any atom is -0.462 e. The van der Waals surface area contributed by atoms with Crippen molar-refractivity contribution in [2.24, 2.45) is 0 Å². The van der Waals surface area contributed by atoms with Gasteiger partial charge < -0.3 is 18.9 Å².